The van der Waals surface area contributed by atoms with Crippen LogP contribution in [0.2, 0.25) is 0 Å². The Kier molecular flexibility index (Phi) is 4.94. The fourth-order valence-corrected chi connectivity index (χ4v) is 5.90. The van der Waals surface area contributed by atoms with Crippen LogP contribution in [0.1, 0.15) is 42.8 Å². The second kappa shape index (κ2) is 7.85. The Balaban J connectivity index is 1.49. The molecule has 184 valence electrons. The van der Waals surface area contributed by atoms with Crippen LogP contribution < -0.4 is 20.6 Å². The fraction of sp³-hybridized carbons (Fsp3) is 0.423. The van der Waals surface area contributed by atoms with Gasteiger partial charge < -0.3 is 19.9 Å². The van der Waals surface area contributed by atoms with Crippen molar-refractivity contribution in [3.8, 4) is 11.8 Å². The highest BCUT2D eigenvalue weighted by Gasteiger charge is 2.49. The molecule has 1 aromatic carbocycles. The van der Waals surface area contributed by atoms with Crippen LogP contribution in [0.4, 0.5) is 14.6 Å². The van der Waals surface area contributed by atoms with Gasteiger partial charge in [-0.25, -0.2) is 14.8 Å². The zero-order valence-corrected chi connectivity index (χ0v) is 19.9. The van der Waals surface area contributed by atoms with E-state index in [0.29, 0.717) is 27.8 Å². The Bertz CT molecular complexity index is 1500. The van der Waals surface area contributed by atoms with Gasteiger partial charge >= 0.3 is 5.92 Å². The molecule has 1 N–H and O–H groups in total. The molecule has 10 heteroatoms. The molecule has 6 rings (SSSR count). The molecular formula is C26H24F2N6O2. The summed E-state index contributed by atoms with van der Waals surface area (Å²) in [6, 6.07) is 6.46. The smallest absolute Gasteiger partial charge is 0.310 e. The van der Waals surface area contributed by atoms with E-state index in [1.807, 2.05) is 24.0 Å². The molecule has 0 saturated carbocycles. The molecule has 2 saturated heterocycles. The van der Waals surface area contributed by atoms with Gasteiger partial charge in [0.1, 0.15) is 34.7 Å². The van der Waals surface area contributed by atoms with Crippen molar-refractivity contribution in [2.24, 2.45) is 0 Å². The number of hydrogen-bond acceptors (Lipinski definition) is 8. The quantitative estimate of drug-likeness (QED) is 0.648. The van der Waals surface area contributed by atoms with Gasteiger partial charge in [0, 0.05) is 31.4 Å². The molecule has 2 bridgehead atoms. The van der Waals surface area contributed by atoms with Gasteiger partial charge in [0.25, 0.3) is 0 Å². The number of piperidine rings is 1. The minimum absolute atomic E-state index is 0.126. The van der Waals surface area contributed by atoms with Crippen LogP contribution in [0.5, 0.6) is 5.75 Å². The average Bonchev–Trinajstić information content (AvgIpc) is 3.56. The van der Waals surface area contributed by atoms with Crippen LogP contribution in [0.3, 0.4) is 0 Å². The summed E-state index contributed by atoms with van der Waals surface area (Å²) in [5.41, 5.74) is 0.523. The molecule has 0 aliphatic carbocycles. The van der Waals surface area contributed by atoms with Crippen molar-refractivity contribution in [1.82, 2.24) is 19.8 Å². The number of allylic oxidation sites excluding steroid dienone is 1. The van der Waals surface area contributed by atoms with E-state index in [-0.39, 0.29) is 28.1 Å². The minimum atomic E-state index is -3.03. The van der Waals surface area contributed by atoms with Crippen LogP contribution in [-0.4, -0.2) is 57.5 Å². The lowest BCUT2D eigenvalue weighted by Crippen LogP contribution is -2.51. The fourth-order valence-electron chi connectivity index (χ4n) is 5.90. The zero-order chi connectivity index (χ0) is 25.2. The summed E-state index contributed by atoms with van der Waals surface area (Å²) in [5.74, 6) is 0.0229. The molecule has 1 atom stereocenters. The summed E-state index contributed by atoms with van der Waals surface area (Å²) >= 11 is 0. The third-order valence-electron chi connectivity index (χ3n) is 7.71. The van der Waals surface area contributed by atoms with Gasteiger partial charge in [0.2, 0.25) is 0 Å². The predicted molar refractivity (Wildman–Crippen MR) is 127 cm³/mol. The maximum atomic E-state index is 14.3. The maximum absolute atomic E-state index is 14.3. The number of hydrogen-bond donors (Lipinski definition) is 1. The largest absolute Gasteiger partial charge is 0.486 e. The average molecular weight is 491 g/mol. The number of carbonyl (C=O) groups excluding carboxylic acids is 1. The number of anilines is 1. The number of nitriles is 1. The Hall–Kier alpha value is -3.80. The summed E-state index contributed by atoms with van der Waals surface area (Å²) in [5, 5.41) is 14.3. The van der Waals surface area contributed by atoms with E-state index in [4.69, 9.17) is 4.74 Å². The lowest BCUT2D eigenvalue weighted by atomic mass is 9.90. The molecule has 0 radical (unpaired) electrons. The van der Waals surface area contributed by atoms with E-state index in [2.05, 4.69) is 26.3 Å². The van der Waals surface area contributed by atoms with Crippen molar-refractivity contribution in [3.63, 3.8) is 0 Å². The van der Waals surface area contributed by atoms with Gasteiger partial charge in [-0.1, -0.05) is 12.1 Å². The van der Waals surface area contributed by atoms with Crippen molar-refractivity contribution in [2.75, 3.05) is 31.6 Å². The van der Waals surface area contributed by atoms with Gasteiger partial charge in [0.15, 0.2) is 12.5 Å². The number of aromatic nitrogens is 2. The van der Waals surface area contributed by atoms with Crippen molar-refractivity contribution >= 4 is 23.5 Å². The summed E-state index contributed by atoms with van der Waals surface area (Å²) < 4.78 is 33.9. The third kappa shape index (κ3) is 3.24. The highest BCUT2D eigenvalue weighted by molar-refractivity contribution is 5.87. The number of rotatable bonds is 4. The SMILES string of the molecule is Cc1nc(N[C@H](C)c2cccc3c2OCC3(F)F)c2c(n1)=C(C#N)C(=C=O)N(C13CCN(CC1)C3)C=2. The molecule has 8 nitrogen and oxygen atoms in total. The molecule has 4 aliphatic heterocycles. The molecule has 2 fully saturated rings. The number of benzene rings is 1. The van der Waals surface area contributed by atoms with Gasteiger partial charge in [0.05, 0.1) is 27.7 Å². The first-order chi connectivity index (χ1) is 17.3. The predicted octanol–water partition coefficient (Wildman–Crippen LogP) is 1.73. The minimum Gasteiger partial charge on any atom is -0.486 e. The molecule has 0 amide bonds. The molecule has 4 aliphatic rings. The van der Waals surface area contributed by atoms with Crippen LogP contribution in [0, 0.1) is 18.3 Å². The van der Waals surface area contributed by atoms with E-state index in [0.717, 1.165) is 32.5 Å². The van der Waals surface area contributed by atoms with Gasteiger partial charge in [-0.15, -0.1) is 0 Å². The number of alkyl halides is 2. The summed E-state index contributed by atoms with van der Waals surface area (Å²) in [6.45, 7) is 5.53. The van der Waals surface area contributed by atoms with Crippen LogP contribution in [0.15, 0.2) is 23.9 Å². The lowest BCUT2D eigenvalue weighted by Gasteiger charge is -2.39. The summed E-state index contributed by atoms with van der Waals surface area (Å²) in [7, 11) is 0. The summed E-state index contributed by atoms with van der Waals surface area (Å²) in [6.07, 6.45) is 3.59. The van der Waals surface area contributed by atoms with Gasteiger partial charge in [-0.2, -0.15) is 14.0 Å². The van der Waals surface area contributed by atoms with Crippen molar-refractivity contribution in [2.45, 2.75) is 44.2 Å². The number of halogens is 2. The monoisotopic (exact) mass is 490 g/mol. The first kappa shape index (κ1) is 22.7. The van der Waals surface area contributed by atoms with E-state index >= 15 is 0 Å². The van der Waals surface area contributed by atoms with E-state index in [1.54, 1.807) is 19.1 Å². The highest BCUT2D eigenvalue weighted by atomic mass is 19.3. The van der Waals surface area contributed by atoms with Gasteiger partial charge in [-0.05, 0) is 32.8 Å². The number of nitrogens with zero attached hydrogens (tertiary/aromatic N) is 5. The Morgan fingerprint density at radius 1 is 1.25 bits per heavy atom. The number of para-hydroxylation sites is 1. The normalized spacial score (nSPS) is 25.9. The molecule has 0 unspecified atom stereocenters. The van der Waals surface area contributed by atoms with Crippen LogP contribution >= 0.6 is 0 Å². The number of ether oxygens (including phenoxy) is 1. The third-order valence-corrected chi connectivity index (χ3v) is 7.71. The van der Waals surface area contributed by atoms with E-state index < -0.39 is 18.6 Å². The van der Waals surface area contributed by atoms with Gasteiger partial charge in [-0.3, -0.25) is 0 Å². The Labute approximate surface area is 206 Å². The van der Waals surface area contributed by atoms with E-state index in [1.165, 1.54) is 6.07 Å². The second-order valence-electron chi connectivity index (χ2n) is 9.90. The van der Waals surface area contributed by atoms with Crippen LogP contribution in [0.25, 0.3) is 11.8 Å². The van der Waals surface area contributed by atoms with Crippen molar-refractivity contribution in [1.29, 1.82) is 5.26 Å². The second-order valence-corrected chi connectivity index (χ2v) is 9.90. The van der Waals surface area contributed by atoms with E-state index in [9.17, 15) is 18.8 Å². The lowest BCUT2D eigenvalue weighted by molar-refractivity contribution is -0.0214. The van der Waals surface area contributed by atoms with Crippen LogP contribution in [-0.2, 0) is 10.7 Å². The molecule has 1 aromatic heterocycles. The molecule has 5 heterocycles. The summed E-state index contributed by atoms with van der Waals surface area (Å²) in [4.78, 5) is 25.5. The van der Waals surface area contributed by atoms with Crippen molar-refractivity contribution in [3.05, 3.63) is 51.4 Å². The molecule has 36 heavy (non-hydrogen) atoms. The topological polar surface area (TPSA) is 94.4 Å². The Morgan fingerprint density at radius 3 is 2.69 bits per heavy atom. The molecule has 0 spiro atoms. The maximum Gasteiger partial charge on any atom is 0.310 e. The standard InChI is InChI=1S/C26H24F2N6O2/c1-15(17-4-3-5-20-23(17)36-14-26(20,27)28)30-24-19-11-34(25-6-8-33(13-25)9-7-25)21(12-35)18(10-29)22(19)31-16(2)32-24/h3-5,11,15H,6-9,13-14H2,1-2H3,(H,30,31,32)/t15-/m1/s1. The number of aryl methyl sites for hydroxylation is 1. The zero-order valence-electron chi connectivity index (χ0n) is 19.9. The molecular weight excluding hydrogens is 466 g/mol. The number of fused-ring (bicyclic) bond motifs is 4. The first-order valence-corrected chi connectivity index (χ1v) is 11.9. The highest BCUT2D eigenvalue weighted by Crippen LogP contribution is 2.45. The first-order valence-electron chi connectivity index (χ1n) is 11.9. The Morgan fingerprint density at radius 2 is 2.03 bits per heavy atom. The van der Waals surface area contributed by atoms with Crippen molar-refractivity contribution < 1.29 is 18.3 Å². The number of nitrogens with one attached hydrogen (secondary N) is 1. The molecule has 2 aromatic rings.